The van der Waals surface area contributed by atoms with E-state index >= 15 is 0 Å². The Morgan fingerprint density at radius 3 is 2.22 bits per heavy atom. The molecular formula is C23H29F2NO. The molecule has 0 amide bonds. The Bertz CT molecular complexity index is 826. The quantitative estimate of drug-likeness (QED) is 0.595. The molecule has 1 N–H and O–H groups in total. The van der Waals surface area contributed by atoms with Crippen LogP contribution >= 0.6 is 0 Å². The Morgan fingerprint density at radius 2 is 1.70 bits per heavy atom. The van der Waals surface area contributed by atoms with Crippen molar-refractivity contribution in [1.82, 2.24) is 4.98 Å². The highest BCUT2D eigenvalue weighted by Crippen LogP contribution is 2.37. The maximum Gasteiger partial charge on any atom is 0.159 e. The molecule has 2 nitrogen and oxygen atoms in total. The number of halogens is 2. The summed E-state index contributed by atoms with van der Waals surface area (Å²) >= 11 is 0. The lowest BCUT2D eigenvalue weighted by Crippen LogP contribution is -2.10. The maximum atomic E-state index is 14.0. The van der Waals surface area contributed by atoms with Crippen molar-refractivity contribution in [3.05, 3.63) is 58.4 Å². The van der Waals surface area contributed by atoms with Gasteiger partial charge in [0, 0.05) is 16.8 Å². The van der Waals surface area contributed by atoms with Gasteiger partial charge in [-0.15, -0.1) is 0 Å². The fraction of sp³-hybridized carbons (Fsp3) is 0.435. The van der Waals surface area contributed by atoms with Crippen LogP contribution in [0.4, 0.5) is 8.78 Å². The third-order valence-corrected chi connectivity index (χ3v) is 4.60. The molecule has 0 saturated carbocycles. The third kappa shape index (κ3) is 4.62. The fourth-order valence-electron chi connectivity index (χ4n) is 3.27. The zero-order valence-corrected chi connectivity index (χ0v) is 16.8. The number of rotatable bonds is 7. The molecule has 4 heteroatoms. The van der Waals surface area contributed by atoms with Gasteiger partial charge >= 0.3 is 0 Å². The molecule has 2 rings (SSSR count). The summed E-state index contributed by atoms with van der Waals surface area (Å²) < 4.78 is 27.5. The zero-order valence-electron chi connectivity index (χ0n) is 16.8. The van der Waals surface area contributed by atoms with Crippen molar-refractivity contribution in [1.29, 1.82) is 0 Å². The van der Waals surface area contributed by atoms with Gasteiger partial charge in [0.25, 0.3) is 0 Å². The van der Waals surface area contributed by atoms with Gasteiger partial charge in [0.1, 0.15) is 0 Å². The molecular weight excluding hydrogens is 344 g/mol. The molecule has 0 atom stereocenters. The number of aliphatic hydroxyl groups is 1. The van der Waals surface area contributed by atoms with Crippen molar-refractivity contribution >= 4 is 6.08 Å². The zero-order chi connectivity index (χ0) is 20.1. The van der Waals surface area contributed by atoms with E-state index in [1.165, 1.54) is 6.07 Å². The maximum absolute atomic E-state index is 14.0. The van der Waals surface area contributed by atoms with Gasteiger partial charge in [0.2, 0.25) is 0 Å². The minimum Gasteiger partial charge on any atom is -0.392 e. The SMILES string of the molecule is CCCC=Cc1c(C(C)C)nc(C(C)C)c(CO)c1-c1ccc(F)c(F)c1. The molecule has 1 aromatic heterocycles. The first-order valence-electron chi connectivity index (χ1n) is 9.61. The lowest BCUT2D eigenvalue weighted by Gasteiger charge is -2.23. The molecule has 27 heavy (non-hydrogen) atoms. The molecule has 0 aliphatic rings. The van der Waals surface area contributed by atoms with E-state index in [0.29, 0.717) is 11.1 Å². The predicted molar refractivity (Wildman–Crippen MR) is 108 cm³/mol. The lowest BCUT2D eigenvalue weighted by molar-refractivity contribution is 0.280. The summed E-state index contributed by atoms with van der Waals surface area (Å²) in [4.78, 5) is 4.87. The van der Waals surface area contributed by atoms with Crippen LogP contribution in [-0.4, -0.2) is 10.1 Å². The molecule has 1 heterocycles. The van der Waals surface area contributed by atoms with Gasteiger partial charge in [-0.3, -0.25) is 4.98 Å². The molecule has 0 unspecified atom stereocenters. The van der Waals surface area contributed by atoms with Crippen LogP contribution in [0.3, 0.4) is 0 Å². The standard InChI is InChI=1S/C23H29F2NO/c1-6-7-8-9-17-21(16-10-11-19(24)20(25)12-16)18(13-27)23(15(4)5)26-22(17)14(2)3/h8-12,14-15,27H,6-7,13H2,1-5H3. The number of aromatic nitrogens is 1. The Balaban J connectivity index is 2.91. The smallest absolute Gasteiger partial charge is 0.159 e. The van der Waals surface area contributed by atoms with Crippen molar-refractivity contribution in [3.8, 4) is 11.1 Å². The summed E-state index contributed by atoms with van der Waals surface area (Å²) in [5.74, 6) is -1.52. The average Bonchev–Trinajstić information content (AvgIpc) is 2.62. The molecule has 1 aromatic carbocycles. The largest absolute Gasteiger partial charge is 0.392 e. The first-order chi connectivity index (χ1) is 12.8. The summed E-state index contributed by atoms with van der Waals surface area (Å²) in [7, 11) is 0. The van der Waals surface area contributed by atoms with E-state index in [1.807, 2.05) is 19.9 Å². The Labute approximate surface area is 161 Å². The van der Waals surface area contributed by atoms with Crippen molar-refractivity contribution in [2.45, 2.75) is 65.9 Å². The summed E-state index contributed by atoms with van der Waals surface area (Å²) in [6.07, 6.45) is 6.00. The van der Waals surface area contributed by atoms with E-state index < -0.39 is 11.6 Å². The fourth-order valence-corrected chi connectivity index (χ4v) is 3.27. The molecule has 0 bridgehead atoms. The summed E-state index contributed by atoms with van der Waals surface area (Å²) in [5.41, 5.74) is 4.55. The van der Waals surface area contributed by atoms with Gasteiger partial charge in [0.15, 0.2) is 11.6 Å². The highest BCUT2D eigenvalue weighted by atomic mass is 19.2. The van der Waals surface area contributed by atoms with Gasteiger partial charge in [-0.2, -0.15) is 0 Å². The van der Waals surface area contributed by atoms with Crippen LogP contribution in [0.15, 0.2) is 24.3 Å². The molecule has 0 spiro atoms. The van der Waals surface area contributed by atoms with Gasteiger partial charge in [-0.05, 0) is 41.5 Å². The van der Waals surface area contributed by atoms with E-state index in [2.05, 4.69) is 26.8 Å². The summed E-state index contributed by atoms with van der Waals surface area (Å²) in [5, 5.41) is 10.1. The van der Waals surface area contributed by atoms with Crippen molar-refractivity contribution in [2.24, 2.45) is 0 Å². The molecule has 0 fully saturated rings. The van der Waals surface area contributed by atoms with Gasteiger partial charge in [0.05, 0.1) is 12.3 Å². The van der Waals surface area contributed by atoms with Crippen LogP contribution in [0, 0.1) is 11.6 Å². The minimum absolute atomic E-state index is 0.0994. The number of allylic oxidation sites excluding steroid dienone is 1. The van der Waals surface area contributed by atoms with E-state index in [-0.39, 0.29) is 18.4 Å². The van der Waals surface area contributed by atoms with Crippen LogP contribution in [0.1, 0.15) is 81.8 Å². The van der Waals surface area contributed by atoms with Crippen molar-refractivity contribution in [3.63, 3.8) is 0 Å². The first-order valence-corrected chi connectivity index (χ1v) is 9.61. The minimum atomic E-state index is -0.895. The highest BCUT2D eigenvalue weighted by Gasteiger charge is 2.22. The Kier molecular flexibility index (Phi) is 7.25. The number of unbranched alkanes of at least 4 members (excludes halogenated alkanes) is 1. The van der Waals surface area contributed by atoms with Crippen LogP contribution in [0.2, 0.25) is 0 Å². The average molecular weight is 373 g/mol. The topological polar surface area (TPSA) is 33.1 Å². The van der Waals surface area contributed by atoms with Gasteiger partial charge in [-0.1, -0.05) is 59.3 Å². The van der Waals surface area contributed by atoms with Gasteiger partial charge < -0.3 is 5.11 Å². The molecule has 0 radical (unpaired) electrons. The Morgan fingerprint density at radius 1 is 1.04 bits per heavy atom. The van der Waals surface area contributed by atoms with Crippen LogP contribution in [0.5, 0.6) is 0 Å². The van der Waals surface area contributed by atoms with Crippen LogP contribution in [0.25, 0.3) is 17.2 Å². The number of aliphatic hydroxyl groups excluding tert-OH is 1. The van der Waals surface area contributed by atoms with Crippen molar-refractivity contribution in [2.75, 3.05) is 0 Å². The molecule has 146 valence electrons. The van der Waals surface area contributed by atoms with E-state index in [1.54, 1.807) is 6.07 Å². The monoisotopic (exact) mass is 373 g/mol. The number of benzene rings is 1. The molecule has 0 aliphatic heterocycles. The molecule has 2 aromatic rings. The van der Waals surface area contributed by atoms with E-state index in [4.69, 9.17) is 4.98 Å². The number of hydrogen-bond donors (Lipinski definition) is 1. The van der Waals surface area contributed by atoms with Crippen LogP contribution in [-0.2, 0) is 6.61 Å². The summed E-state index contributed by atoms with van der Waals surface area (Å²) in [6.45, 7) is 10.1. The van der Waals surface area contributed by atoms with E-state index in [0.717, 1.165) is 41.4 Å². The molecule has 0 aliphatic carbocycles. The highest BCUT2D eigenvalue weighted by molar-refractivity contribution is 5.80. The normalized spacial score (nSPS) is 11.9. The summed E-state index contributed by atoms with van der Waals surface area (Å²) in [6, 6.07) is 3.91. The molecule has 0 saturated heterocycles. The second-order valence-electron chi connectivity index (χ2n) is 7.44. The number of nitrogens with zero attached hydrogens (tertiary/aromatic N) is 1. The predicted octanol–water partition coefficient (Wildman–Crippen LogP) is 6.58. The third-order valence-electron chi connectivity index (χ3n) is 4.60. The second-order valence-corrected chi connectivity index (χ2v) is 7.44. The van der Waals surface area contributed by atoms with Crippen LogP contribution < -0.4 is 0 Å². The Hall–Kier alpha value is -2.07. The number of pyridine rings is 1. The number of hydrogen-bond acceptors (Lipinski definition) is 2. The second kappa shape index (κ2) is 9.23. The first kappa shape index (κ1) is 21.2. The van der Waals surface area contributed by atoms with Gasteiger partial charge in [-0.25, -0.2) is 8.78 Å². The van der Waals surface area contributed by atoms with Crippen molar-refractivity contribution < 1.29 is 13.9 Å². The van der Waals surface area contributed by atoms with E-state index in [9.17, 15) is 13.9 Å². The lowest BCUT2D eigenvalue weighted by atomic mass is 9.87.